The van der Waals surface area contributed by atoms with Crippen molar-refractivity contribution in [1.82, 2.24) is 9.97 Å². The number of aromatic nitrogens is 2. The van der Waals surface area contributed by atoms with Gasteiger partial charge in [-0.1, -0.05) is 18.2 Å². The Kier molecular flexibility index (Phi) is 5.64. The van der Waals surface area contributed by atoms with Gasteiger partial charge < -0.3 is 15.4 Å². The van der Waals surface area contributed by atoms with E-state index in [0.29, 0.717) is 18.3 Å². The van der Waals surface area contributed by atoms with Crippen LogP contribution in [-0.4, -0.2) is 29.7 Å². The van der Waals surface area contributed by atoms with Crippen molar-refractivity contribution in [3.63, 3.8) is 0 Å². The third-order valence-electron chi connectivity index (χ3n) is 2.69. The molecule has 106 valence electrons. The molecule has 0 bridgehead atoms. The summed E-state index contributed by atoms with van der Waals surface area (Å²) in [5.74, 6) is 1.26. The standard InChI is InChI=1S/C15H20N4O/c1-2-20-15-14(18-11-12-19-15)17-10-6-9-16-13-7-4-3-5-8-13/h3-5,7-8,11-12,16H,2,6,9-10H2,1H3,(H,17,18). The number of nitrogens with one attached hydrogen (secondary N) is 2. The fourth-order valence-electron chi connectivity index (χ4n) is 1.77. The highest BCUT2D eigenvalue weighted by Gasteiger charge is 2.04. The molecule has 0 aliphatic heterocycles. The summed E-state index contributed by atoms with van der Waals surface area (Å²) in [5, 5.41) is 6.61. The van der Waals surface area contributed by atoms with Crippen LogP contribution in [0.15, 0.2) is 42.7 Å². The number of para-hydroxylation sites is 1. The van der Waals surface area contributed by atoms with Crippen molar-refractivity contribution in [3.05, 3.63) is 42.7 Å². The monoisotopic (exact) mass is 272 g/mol. The zero-order valence-corrected chi connectivity index (χ0v) is 11.7. The van der Waals surface area contributed by atoms with E-state index in [1.165, 1.54) is 0 Å². The third kappa shape index (κ3) is 4.42. The van der Waals surface area contributed by atoms with E-state index in [4.69, 9.17) is 4.74 Å². The predicted molar refractivity (Wildman–Crippen MR) is 81.2 cm³/mol. The van der Waals surface area contributed by atoms with Gasteiger partial charge in [-0.25, -0.2) is 9.97 Å². The molecule has 0 unspecified atom stereocenters. The molecule has 1 heterocycles. The van der Waals surface area contributed by atoms with Crippen molar-refractivity contribution in [3.8, 4) is 5.88 Å². The summed E-state index contributed by atoms with van der Waals surface area (Å²) >= 11 is 0. The van der Waals surface area contributed by atoms with E-state index in [1.54, 1.807) is 12.4 Å². The van der Waals surface area contributed by atoms with Crippen LogP contribution >= 0.6 is 0 Å². The molecule has 0 amide bonds. The zero-order valence-electron chi connectivity index (χ0n) is 11.7. The van der Waals surface area contributed by atoms with E-state index in [-0.39, 0.29) is 0 Å². The van der Waals surface area contributed by atoms with Gasteiger partial charge >= 0.3 is 0 Å². The first-order valence-electron chi connectivity index (χ1n) is 6.86. The van der Waals surface area contributed by atoms with Crippen LogP contribution in [0.5, 0.6) is 5.88 Å². The average molecular weight is 272 g/mol. The van der Waals surface area contributed by atoms with Crippen molar-refractivity contribution in [1.29, 1.82) is 0 Å². The van der Waals surface area contributed by atoms with Crippen LogP contribution in [0.1, 0.15) is 13.3 Å². The van der Waals surface area contributed by atoms with Gasteiger partial charge in [0.15, 0.2) is 5.82 Å². The number of benzene rings is 1. The summed E-state index contributed by atoms with van der Waals surface area (Å²) in [7, 11) is 0. The summed E-state index contributed by atoms with van der Waals surface area (Å²) in [6.45, 7) is 4.24. The van der Waals surface area contributed by atoms with Gasteiger partial charge in [-0.05, 0) is 25.5 Å². The highest BCUT2D eigenvalue weighted by molar-refractivity contribution is 5.45. The number of ether oxygens (including phenoxy) is 1. The lowest BCUT2D eigenvalue weighted by molar-refractivity contribution is 0.327. The summed E-state index contributed by atoms with van der Waals surface area (Å²) < 4.78 is 5.41. The first kappa shape index (κ1) is 14.1. The minimum absolute atomic E-state index is 0.561. The van der Waals surface area contributed by atoms with Crippen molar-refractivity contribution < 1.29 is 4.74 Å². The molecule has 0 aliphatic rings. The van der Waals surface area contributed by atoms with Crippen LogP contribution in [0.3, 0.4) is 0 Å². The highest BCUT2D eigenvalue weighted by Crippen LogP contribution is 2.16. The minimum Gasteiger partial charge on any atom is -0.475 e. The lowest BCUT2D eigenvalue weighted by atomic mass is 10.3. The molecule has 5 heteroatoms. The van der Waals surface area contributed by atoms with Gasteiger partial charge in [-0.2, -0.15) is 0 Å². The van der Waals surface area contributed by atoms with Crippen LogP contribution in [0, 0.1) is 0 Å². The van der Waals surface area contributed by atoms with Crippen LogP contribution in [-0.2, 0) is 0 Å². The largest absolute Gasteiger partial charge is 0.475 e. The Morgan fingerprint density at radius 2 is 1.75 bits per heavy atom. The second kappa shape index (κ2) is 7.99. The maximum absolute atomic E-state index is 5.41. The summed E-state index contributed by atoms with van der Waals surface area (Å²) in [6, 6.07) is 10.2. The van der Waals surface area contributed by atoms with Crippen molar-refractivity contribution >= 4 is 11.5 Å². The summed E-state index contributed by atoms with van der Waals surface area (Å²) in [6.07, 6.45) is 4.28. The van der Waals surface area contributed by atoms with Gasteiger partial charge in [0.2, 0.25) is 0 Å². The van der Waals surface area contributed by atoms with E-state index in [1.807, 2.05) is 25.1 Å². The topological polar surface area (TPSA) is 59.1 Å². The molecular weight excluding hydrogens is 252 g/mol. The Morgan fingerprint density at radius 1 is 1.00 bits per heavy atom. The van der Waals surface area contributed by atoms with Crippen LogP contribution in [0.4, 0.5) is 11.5 Å². The number of rotatable bonds is 8. The van der Waals surface area contributed by atoms with Gasteiger partial charge in [0, 0.05) is 31.2 Å². The van der Waals surface area contributed by atoms with E-state index in [9.17, 15) is 0 Å². The van der Waals surface area contributed by atoms with E-state index >= 15 is 0 Å². The molecule has 2 aromatic rings. The van der Waals surface area contributed by atoms with Gasteiger partial charge in [0.1, 0.15) is 0 Å². The molecule has 5 nitrogen and oxygen atoms in total. The van der Waals surface area contributed by atoms with Gasteiger partial charge in [-0.3, -0.25) is 0 Å². The minimum atomic E-state index is 0.561. The number of hydrogen-bond acceptors (Lipinski definition) is 5. The van der Waals surface area contributed by atoms with Gasteiger partial charge in [0.05, 0.1) is 6.61 Å². The SMILES string of the molecule is CCOc1nccnc1NCCCNc1ccccc1. The Morgan fingerprint density at radius 3 is 2.55 bits per heavy atom. The smallest absolute Gasteiger partial charge is 0.257 e. The molecule has 2 rings (SSSR count). The molecule has 0 atom stereocenters. The Bertz CT molecular complexity index is 504. The molecule has 0 saturated carbocycles. The Balaban J connectivity index is 1.71. The predicted octanol–water partition coefficient (Wildman–Crippen LogP) is 2.79. The Labute approximate surface area is 119 Å². The molecular formula is C15H20N4O. The van der Waals surface area contributed by atoms with Crippen molar-refractivity contribution in [2.24, 2.45) is 0 Å². The quantitative estimate of drug-likeness (QED) is 0.724. The molecule has 0 spiro atoms. The second-order valence-corrected chi connectivity index (χ2v) is 4.22. The zero-order chi connectivity index (χ0) is 14.0. The van der Waals surface area contributed by atoms with E-state index < -0.39 is 0 Å². The lowest BCUT2D eigenvalue weighted by Gasteiger charge is -2.10. The summed E-state index contributed by atoms with van der Waals surface area (Å²) in [4.78, 5) is 8.39. The molecule has 0 aliphatic carbocycles. The summed E-state index contributed by atoms with van der Waals surface area (Å²) in [5.41, 5.74) is 1.14. The second-order valence-electron chi connectivity index (χ2n) is 4.22. The molecule has 0 saturated heterocycles. The Hall–Kier alpha value is -2.30. The van der Waals surface area contributed by atoms with Gasteiger partial charge in [0.25, 0.3) is 5.88 Å². The van der Waals surface area contributed by atoms with Crippen LogP contribution < -0.4 is 15.4 Å². The molecule has 1 aromatic carbocycles. The first-order valence-corrected chi connectivity index (χ1v) is 6.86. The first-order chi connectivity index (χ1) is 9.90. The normalized spacial score (nSPS) is 10.1. The molecule has 20 heavy (non-hydrogen) atoms. The fourth-order valence-corrected chi connectivity index (χ4v) is 1.77. The molecule has 1 aromatic heterocycles. The number of hydrogen-bond donors (Lipinski definition) is 2. The fraction of sp³-hybridized carbons (Fsp3) is 0.333. The van der Waals surface area contributed by atoms with Gasteiger partial charge in [-0.15, -0.1) is 0 Å². The van der Waals surface area contributed by atoms with E-state index in [2.05, 4.69) is 32.7 Å². The number of anilines is 2. The molecule has 0 radical (unpaired) electrons. The highest BCUT2D eigenvalue weighted by atomic mass is 16.5. The third-order valence-corrected chi connectivity index (χ3v) is 2.69. The number of nitrogens with zero attached hydrogens (tertiary/aromatic N) is 2. The maximum atomic E-state index is 5.41. The maximum Gasteiger partial charge on any atom is 0.257 e. The average Bonchev–Trinajstić information content (AvgIpc) is 2.50. The van der Waals surface area contributed by atoms with Crippen LogP contribution in [0.2, 0.25) is 0 Å². The lowest BCUT2D eigenvalue weighted by Crippen LogP contribution is -2.11. The van der Waals surface area contributed by atoms with Crippen molar-refractivity contribution in [2.75, 3.05) is 30.3 Å². The molecule has 2 N–H and O–H groups in total. The van der Waals surface area contributed by atoms with Crippen molar-refractivity contribution in [2.45, 2.75) is 13.3 Å². The van der Waals surface area contributed by atoms with E-state index in [0.717, 1.165) is 25.2 Å². The molecule has 0 fully saturated rings. The van der Waals surface area contributed by atoms with Crippen LogP contribution in [0.25, 0.3) is 0 Å².